The summed E-state index contributed by atoms with van der Waals surface area (Å²) >= 11 is 0. The maximum atomic E-state index is 13.2. The fourth-order valence-corrected chi connectivity index (χ4v) is 2.30. The molecule has 0 fully saturated rings. The van der Waals surface area contributed by atoms with Gasteiger partial charge < -0.3 is 5.11 Å². The number of carbonyl (C=O) groups is 1. The second-order valence-electron chi connectivity index (χ2n) is 3.26. The van der Waals surface area contributed by atoms with E-state index in [0.29, 0.717) is 6.07 Å². The summed E-state index contributed by atoms with van der Waals surface area (Å²) in [4.78, 5) is 9.67. The fourth-order valence-electron chi connectivity index (χ4n) is 1.04. The molecule has 0 unspecified atom stereocenters. The minimum Gasteiger partial charge on any atom is -0.480 e. The number of carboxylic acid groups (broad SMARTS) is 1. The van der Waals surface area contributed by atoms with E-state index in [0.717, 1.165) is 19.1 Å². The smallest absolute Gasteiger partial charge is 0.321 e. The number of aliphatic carboxylic acids is 1. The summed E-state index contributed by atoms with van der Waals surface area (Å²) in [6, 6.07) is 0.481. The quantitative estimate of drug-likeness (QED) is 0.840. The molecule has 1 rings (SSSR count). The lowest BCUT2D eigenvalue weighted by molar-refractivity contribution is -0.138. The van der Waals surface area contributed by atoms with E-state index in [9.17, 15) is 22.0 Å². The summed E-state index contributed by atoms with van der Waals surface area (Å²) in [5, 5.41) is 8.52. The van der Waals surface area contributed by atoms with Crippen LogP contribution in [0.4, 0.5) is 8.78 Å². The number of hydrogen-bond acceptors (Lipinski definition) is 3. The highest BCUT2D eigenvalue weighted by Crippen LogP contribution is 2.15. The van der Waals surface area contributed by atoms with Crippen molar-refractivity contribution < 1.29 is 27.1 Å². The Morgan fingerprint density at radius 2 is 2.00 bits per heavy atom. The maximum Gasteiger partial charge on any atom is 0.321 e. The fraction of sp³-hybridized carbons (Fsp3) is 0.222. The number of sulfonamides is 1. The highest BCUT2D eigenvalue weighted by Gasteiger charge is 2.24. The van der Waals surface area contributed by atoms with E-state index < -0.39 is 38.6 Å². The number of carboxylic acids is 1. The minimum absolute atomic E-state index is 0.403. The molecule has 0 aliphatic carbocycles. The molecule has 94 valence electrons. The summed E-state index contributed by atoms with van der Waals surface area (Å²) in [6.07, 6.45) is 0. The van der Waals surface area contributed by atoms with Gasteiger partial charge in [0.1, 0.15) is 22.6 Å². The normalized spacial score (nSPS) is 13.4. The molecule has 2 N–H and O–H groups in total. The molecule has 5 nitrogen and oxygen atoms in total. The predicted molar refractivity (Wildman–Crippen MR) is 53.8 cm³/mol. The second-order valence-corrected chi connectivity index (χ2v) is 4.94. The Morgan fingerprint density at radius 3 is 2.47 bits per heavy atom. The van der Waals surface area contributed by atoms with Gasteiger partial charge >= 0.3 is 5.97 Å². The van der Waals surface area contributed by atoms with E-state index in [1.807, 2.05) is 0 Å². The Bertz CT molecular complexity index is 544. The van der Waals surface area contributed by atoms with Crippen molar-refractivity contribution in [1.29, 1.82) is 0 Å². The zero-order chi connectivity index (χ0) is 13.2. The Hall–Kier alpha value is -1.54. The topological polar surface area (TPSA) is 83.5 Å². The van der Waals surface area contributed by atoms with Gasteiger partial charge in [-0.3, -0.25) is 4.79 Å². The molecule has 0 aromatic heterocycles. The maximum absolute atomic E-state index is 13.2. The SMILES string of the molecule is C[C@H](NS(=O)(=O)c1ccc(F)cc1F)C(=O)O. The third-order valence-electron chi connectivity index (χ3n) is 1.89. The molecular formula is C9H9F2NO4S. The van der Waals surface area contributed by atoms with E-state index in [2.05, 4.69) is 0 Å². The van der Waals surface area contributed by atoms with Crippen molar-refractivity contribution in [2.45, 2.75) is 17.9 Å². The van der Waals surface area contributed by atoms with Gasteiger partial charge in [-0.05, 0) is 19.1 Å². The highest BCUT2D eigenvalue weighted by atomic mass is 32.2. The van der Waals surface area contributed by atoms with Gasteiger partial charge in [0, 0.05) is 6.07 Å². The molecule has 1 aromatic carbocycles. The molecule has 8 heteroatoms. The van der Waals surface area contributed by atoms with Gasteiger partial charge in [0.2, 0.25) is 10.0 Å². The van der Waals surface area contributed by atoms with Crippen LogP contribution in [0, 0.1) is 11.6 Å². The lowest BCUT2D eigenvalue weighted by atomic mass is 10.3. The summed E-state index contributed by atoms with van der Waals surface area (Å²) in [5.41, 5.74) is 0. The van der Waals surface area contributed by atoms with Crippen LogP contribution in [0.2, 0.25) is 0 Å². The van der Waals surface area contributed by atoms with Gasteiger partial charge in [0.25, 0.3) is 0 Å². The number of hydrogen-bond donors (Lipinski definition) is 2. The molecule has 0 saturated carbocycles. The van der Waals surface area contributed by atoms with Crippen LogP contribution in [0.3, 0.4) is 0 Å². The predicted octanol–water partition coefficient (Wildman–Crippen LogP) is 0.716. The lowest BCUT2D eigenvalue weighted by Gasteiger charge is -2.10. The third kappa shape index (κ3) is 3.21. The number of halogens is 2. The monoisotopic (exact) mass is 265 g/mol. The third-order valence-corrected chi connectivity index (χ3v) is 3.46. The van der Waals surface area contributed by atoms with Crippen molar-refractivity contribution in [2.24, 2.45) is 0 Å². The Morgan fingerprint density at radius 1 is 1.41 bits per heavy atom. The largest absolute Gasteiger partial charge is 0.480 e. The van der Waals surface area contributed by atoms with Gasteiger partial charge in [-0.15, -0.1) is 0 Å². The Labute approximate surface area is 96.1 Å². The Balaban J connectivity index is 3.10. The zero-order valence-electron chi connectivity index (χ0n) is 8.65. The number of rotatable bonds is 4. The standard InChI is InChI=1S/C9H9F2NO4S/c1-5(9(13)14)12-17(15,16)8-3-2-6(10)4-7(8)11/h2-5,12H,1H3,(H,13,14)/t5-/m0/s1. The van der Waals surface area contributed by atoms with Crippen LogP contribution in [0.15, 0.2) is 23.1 Å². The Kier molecular flexibility index (Phi) is 3.79. The molecule has 0 aliphatic rings. The molecule has 0 bridgehead atoms. The summed E-state index contributed by atoms with van der Waals surface area (Å²) in [7, 11) is -4.32. The van der Waals surface area contributed by atoms with Gasteiger partial charge in [0.15, 0.2) is 0 Å². The zero-order valence-corrected chi connectivity index (χ0v) is 9.46. The van der Waals surface area contributed by atoms with Crippen LogP contribution in [-0.2, 0) is 14.8 Å². The summed E-state index contributed by atoms with van der Waals surface area (Å²) in [5.74, 6) is -3.61. The molecule has 0 heterocycles. The van der Waals surface area contributed by atoms with Crippen molar-refractivity contribution in [3.8, 4) is 0 Å². The van der Waals surface area contributed by atoms with Crippen molar-refractivity contribution in [1.82, 2.24) is 4.72 Å². The average molecular weight is 265 g/mol. The first kappa shape index (κ1) is 13.5. The molecule has 0 aliphatic heterocycles. The van der Waals surface area contributed by atoms with Crippen LogP contribution in [0.5, 0.6) is 0 Å². The minimum atomic E-state index is -4.32. The summed E-state index contributed by atoms with van der Waals surface area (Å²) < 4.78 is 50.6. The molecule has 0 spiro atoms. The van der Waals surface area contributed by atoms with Crippen molar-refractivity contribution in [2.75, 3.05) is 0 Å². The first-order valence-corrected chi connectivity index (χ1v) is 5.92. The average Bonchev–Trinajstić information content (AvgIpc) is 2.15. The van der Waals surface area contributed by atoms with Crippen molar-refractivity contribution >= 4 is 16.0 Å². The van der Waals surface area contributed by atoms with Crippen molar-refractivity contribution in [3.05, 3.63) is 29.8 Å². The van der Waals surface area contributed by atoms with E-state index in [1.54, 1.807) is 4.72 Å². The van der Waals surface area contributed by atoms with Gasteiger partial charge in [-0.25, -0.2) is 17.2 Å². The van der Waals surface area contributed by atoms with E-state index in [1.165, 1.54) is 0 Å². The van der Waals surface area contributed by atoms with E-state index in [4.69, 9.17) is 5.11 Å². The molecular weight excluding hydrogens is 256 g/mol. The van der Waals surface area contributed by atoms with Crippen molar-refractivity contribution in [3.63, 3.8) is 0 Å². The van der Waals surface area contributed by atoms with E-state index in [-0.39, 0.29) is 0 Å². The molecule has 0 amide bonds. The first-order chi connectivity index (χ1) is 7.74. The van der Waals surface area contributed by atoms with Gasteiger partial charge in [-0.2, -0.15) is 4.72 Å². The lowest BCUT2D eigenvalue weighted by Crippen LogP contribution is -2.38. The molecule has 0 saturated heterocycles. The van der Waals surface area contributed by atoms with Crippen LogP contribution in [0.25, 0.3) is 0 Å². The van der Waals surface area contributed by atoms with Gasteiger partial charge in [-0.1, -0.05) is 0 Å². The van der Waals surface area contributed by atoms with E-state index >= 15 is 0 Å². The summed E-state index contributed by atoms with van der Waals surface area (Å²) in [6.45, 7) is 1.08. The van der Waals surface area contributed by atoms with Gasteiger partial charge in [0.05, 0.1) is 0 Å². The number of benzene rings is 1. The number of nitrogens with one attached hydrogen (secondary N) is 1. The van der Waals surface area contributed by atoms with Crippen LogP contribution >= 0.6 is 0 Å². The van der Waals surface area contributed by atoms with Crippen LogP contribution in [0.1, 0.15) is 6.92 Å². The van der Waals surface area contributed by atoms with Crippen LogP contribution in [-0.4, -0.2) is 25.5 Å². The first-order valence-electron chi connectivity index (χ1n) is 4.44. The van der Waals surface area contributed by atoms with Crippen LogP contribution < -0.4 is 4.72 Å². The molecule has 1 aromatic rings. The molecule has 17 heavy (non-hydrogen) atoms. The second kappa shape index (κ2) is 4.76. The highest BCUT2D eigenvalue weighted by molar-refractivity contribution is 7.89. The molecule has 1 atom stereocenters. The molecule has 0 radical (unpaired) electrons.